The first kappa shape index (κ1) is 72.6. The summed E-state index contributed by atoms with van der Waals surface area (Å²) >= 11 is 0. The summed E-state index contributed by atoms with van der Waals surface area (Å²) in [6.07, 6.45) is 25.4. The fourth-order valence-corrected chi connectivity index (χ4v) is 20.2. The summed E-state index contributed by atoms with van der Waals surface area (Å²) in [6.45, 7) is 24.8. The van der Waals surface area contributed by atoms with Gasteiger partial charge in [0.15, 0.2) is 0 Å². The van der Waals surface area contributed by atoms with E-state index in [0.29, 0.717) is 29.6 Å². The zero-order valence-corrected chi connectivity index (χ0v) is 66.6. The van der Waals surface area contributed by atoms with Crippen molar-refractivity contribution >= 4 is 89.8 Å². The van der Waals surface area contributed by atoms with Gasteiger partial charge in [-0.3, -0.25) is 0 Å². The van der Waals surface area contributed by atoms with Crippen molar-refractivity contribution in [2.75, 3.05) is 19.6 Å². The maximum absolute atomic E-state index is 2.68. The van der Waals surface area contributed by atoms with E-state index in [-0.39, 0.29) is 0 Å². The van der Waals surface area contributed by atoms with Gasteiger partial charge in [0.05, 0.1) is 0 Å². The molecular weight excluding hydrogens is 1310 g/mol. The Morgan fingerprint density at radius 2 is 0.519 bits per heavy atom. The molecule has 12 aromatic carbocycles. The highest BCUT2D eigenvalue weighted by Crippen LogP contribution is 2.52. The minimum atomic E-state index is 0.455. The number of rotatable bonds is 18. The Kier molecular flexibility index (Phi) is 21.2. The normalized spacial score (nSPS) is 16.8. The molecule has 2 atom stereocenters. The van der Waals surface area contributed by atoms with E-state index in [9.17, 15) is 0 Å². The molecule has 108 heavy (non-hydrogen) atoms. The zero-order chi connectivity index (χ0) is 74.3. The Morgan fingerprint density at radius 1 is 0.222 bits per heavy atom. The van der Waals surface area contributed by atoms with E-state index >= 15 is 0 Å². The van der Waals surface area contributed by atoms with E-state index in [2.05, 4.69) is 314 Å². The average molecular weight is 1420 g/mol. The summed E-state index contributed by atoms with van der Waals surface area (Å²) in [5.74, 6) is 2.61. The first-order valence-corrected chi connectivity index (χ1v) is 41.5. The molecule has 12 aromatic rings. The Hall–Kier alpha value is -9.64. The van der Waals surface area contributed by atoms with Crippen molar-refractivity contribution in [2.24, 2.45) is 5.92 Å². The molecule has 4 fully saturated rings. The molecule has 0 heterocycles. The fourth-order valence-electron chi connectivity index (χ4n) is 20.2. The van der Waals surface area contributed by atoms with Gasteiger partial charge < -0.3 is 19.6 Å². The maximum atomic E-state index is 2.68. The van der Waals surface area contributed by atoms with E-state index in [1.807, 2.05) is 0 Å². The van der Waals surface area contributed by atoms with Crippen LogP contribution in [0, 0.1) is 82.1 Å². The third-order valence-electron chi connectivity index (χ3n) is 25.3. The highest BCUT2D eigenvalue weighted by atomic mass is 15.2. The van der Waals surface area contributed by atoms with Gasteiger partial charge in [-0.05, 0) is 409 Å². The Morgan fingerprint density at radius 3 is 0.907 bits per heavy atom. The molecule has 0 aliphatic heterocycles. The number of aryl methyl sites for hydroxylation is 11. The molecule has 0 aromatic heterocycles. The molecule has 4 heteroatoms. The fraction of sp³-hybridized carbons (Fsp3) is 0.346. The monoisotopic (exact) mass is 1420 g/mol. The summed E-state index contributed by atoms with van der Waals surface area (Å²) in [4.78, 5) is 10.3. The third-order valence-corrected chi connectivity index (χ3v) is 25.3. The largest absolute Gasteiger partial charge is 0.310 e. The van der Waals surface area contributed by atoms with Crippen molar-refractivity contribution in [3.8, 4) is 0 Å². The summed E-state index contributed by atoms with van der Waals surface area (Å²) in [7, 11) is 0. The van der Waals surface area contributed by atoms with Crippen LogP contribution >= 0.6 is 0 Å². The van der Waals surface area contributed by atoms with Crippen molar-refractivity contribution in [2.45, 2.75) is 228 Å². The molecule has 0 spiro atoms. The molecular formula is C104H114N4. The van der Waals surface area contributed by atoms with Crippen molar-refractivity contribution < 1.29 is 0 Å². The first-order valence-electron chi connectivity index (χ1n) is 41.5. The van der Waals surface area contributed by atoms with E-state index in [1.165, 1.54) is 284 Å². The van der Waals surface area contributed by atoms with Crippen LogP contribution in [0.5, 0.6) is 0 Å². The van der Waals surface area contributed by atoms with Gasteiger partial charge in [-0.1, -0.05) is 155 Å². The molecule has 0 radical (unpaired) electrons. The second kappa shape index (κ2) is 31.5. The Bertz CT molecular complexity index is 5150. The van der Waals surface area contributed by atoms with Crippen molar-refractivity contribution in [1.29, 1.82) is 0 Å². The van der Waals surface area contributed by atoms with Gasteiger partial charge >= 0.3 is 0 Å². The van der Waals surface area contributed by atoms with Crippen LogP contribution in [-0.2, 0) is 6.42 Å². The Balaban J connectivity index is 0.757. The van der Waals surface area contributed by atoms with E-state index in [0.717, 1.165) is 12.1 Å². The number of hydrogen-bond donors (Lipinski definition) is 0. The van der Waals surface area contributed by atoms with E-state index in [4.69, 9.17) is 0 Å². The van der Waals surface area contributed by atoms with Gasteiger partial charge in [-0.2, -0.15) is 0 Å². The van der Waals surface area contributed by atoms with Crippen molar-refractivity contribution in [3.63, 3.8) is 0 Å². The lowest BCUT2D eigenvalue weighted by molar-refractivity contribution is 0.305. The van der Waals surface area contributed by atoms with Crippen LogP contribution in [0.1, 0.15) is 235 Å². The average Bonchev–Trinajstić information content (AvgIpc) is 0.750. The highest BCUT2D eigenvalue weighted by Gasteiger charge is 2.32. The number of hydrogen-bond acceptors (Lipinski definition) is 4. The minimum Gasteiger partial charge on any atom is -0.310 e. The van der Waals surface area contributed by atoms with Gasteiger partial charge in [0.25, 0.3) is 0 Å². The lowest BCUT2D eigenvalue weighted by atomic mass is 9.73. The zero-order valence-electron chi connectivity index (χ0n) is 66.6. The van der Waals surface area contributed by atoms with Crippen LogP contribution in [0.15, 0.2) is 218 Å². The molecule has 4 aliphatic rings. The molecule has 4 saturated carbocycles. The van der Waals surface area contributed by atoms with Crippen LogP contribution in [0.4, 0.5) is 68.2 Å². The molecule has 0 amide bonds. The molecule has 0 saturated heterocycles. The van der Waals surface area contributed by atoms with Crippen molar-refractivity contribution in [1.82, 2.24) is 0 Å². The molecule has 0 bridgehead atoms. The summed E-state index contributed by atoms with van der Waals surface area (Å²) in [5.41, 5.74) is 36.2. The molecule has 2 unspecified atom stereocenters. The van der Waals surface area contributed by atoms with Gasteiger partial charge in [0.2, 0.25) is 0 Å². The van der Waals surface area contributed by atoms with Crippen LogP contribution in [0.25, 0.3) is 21.5 Å². The number of anilines is 12. The van der Waals surface area contributed by atoms with Gasteiger partial charge in [0, 0.05) is 68.2 Å². The number of nitrogens with zero attached hydrogens (tertiary/aromatic N) is 4. The maximum Gasteiger partial charge on any atom is 0.0470 e. The summed E-state index contributed by atoms with van der Waals surface area (Å²) < 4.78 is 0. The third kappa shape index (κ3) is 15.6. The molecule has 4 aliphatic carbocycles. The van der Waals surface area contributed by atoms with Crippen LogP contribution in [-0.4, -0.2) is 0 Å². The van der Waals surface area contributed by atoms with Gasteiger partial charge in [-0.15, -0.1) is 0 Å². The smallest absolute Gasteiger partial charge is 0.0470 e. The lowest BCUT2D eigenvalue weighted by Gasteiger charge is -2.34. The Labute approximate surface area is 646 Å². The van der Waals surface area contributed by atoms with E-state index in [1.54, 1.807) is 11.1 Å². The standard InChI is InChI=1S/C104H114N4/c1-68-31-39-86(40-32-68)105(90-51-70(3)47-71(4)52-90)94-58-77(10)100-63-95(59-78(11)99(100)62-94)108(87-41-33-69(2)34-42-87)93-57-76(9)50-79(61-93)60-85-29-21-22-30-98(85)84-37-45-89(46-38-84)107(92-55-74(7)49-75(8)56-92)97-65-102(83-27-19-14-20-28-83)103-66-96(64-101(104(103)67-97)82-25-17-13-18-26-82)106(91-53-72(5)48-73(6)54-91)88-43-35-81(36-44-88)80-23-15-12-16-24-80/h31-59,61-67,80,82-83,85,98H,12-30,60H2,1-11H3. The predicted octanol–water partition coefficient (Wildman–Crippen LogP) is 30.9. The SMILES string of the molecule is Cc1ccc(N(c2cc(C)cc(C)c2)c2cc(C)c3cc(N(c4ccc(C)cc4)c4cc(C)cc(CC5CCCCC5c5ccc(N(c6cc(C)cc(C)c6)c6cc(C7CCCCC7)c7cc(N(c8ccc(C9CCCCC9)cc8)c8cc(C)cc(C)c8)cc(C8CCCCC8)c7c6)cc5)c4)cc(C)c3c2)cc1. The van der Waals surface area contributed by atoms with Gasteiger partial charge in [0.1, 0.15) is 0 Å². The molecule has 4 nitrogen and oxygen atoms in total. The lowest BCUT2D eigenvalue weighted by Crippen LogP contribution is -2.20. The highest BCUT2D eigenvalue weighted by molar-refractivity contribution is 6.00. The molecule has 16 rings (SSSR count). The first-order chi connectivity index (χ1) is 52.5. The predicted molar refractivity (Wildman–Crippen MR) is 465 cm³/mol. The summed E-state index contributed by atoms with van der Waals surface area (Å²) in [6, 6.07) is 87.2. The quantitative estimate of drug-likeness (QED) is 0.0849. The molecule has 550 valence electrons. The van der Waals surface area contributed by atoms with Crippen LogP contribution in [0.3, 0.4) is 0 Å². The van der Waals surface area contributed by atoms with Crippen molar-refractivity contribution in [3.05, 3.63) is 307 Å². The topological polar surface area (TPSA) is 13.0 Å². The second-order valence-corrected chi connectivity index (χ2v) is 34.1. The van der Waals surface area contributed by atoms with Crippen LogP contribution < -0.4 is 19.6 Å². The minimum absolute atomic E-state index is 0.455. The van der Waals surface area contributed by atoms with E-state index < -0.39 is 0 Å². The van der Waals surface area contributed by atoms with Gasteiger partial charge in [-0.25, -0.2) is 0 Å². The number of benzene rings is 12. The van der Waals surface area contributed by atoms with Crippen LogP contribution in [0.2, 0.25) is 0 Å². The molecule has 0 N–H and O–H groups in total. The summed E-state index contributed by atoms with van der Waals surface area (Å²) in [5, 5.41) is 5.47. The number of fused-ring (bicyclic) bond motifs is 2. The second-order valence-electron chi connectivity index (χ2n) is 34.1.